The lowest BCUT2D eigenvalue weighted by Gasteiger charge is -2.22. The Balaban J connectivity index is 1.76. The van der Waals surface area contributed by atoms with Gasteiger partial charge in [0.2, 0.25) is 5.91 Å². The summed E-state index contributed by atoms with van der Waals surface area (Å²) in [7, 11) is 0. The second-order valence-corrected chi connectivity index (χ2v) is 6.29. The first-order chi connectivity index (χ1) is 10.1. The van der Waals surface area contributed by atoms with Crippen molar-refractivity contribution >= 4 is 23.6 Å². The van der Waals surface area contributed by atoms with Crippen molar-refractivity contribution in [2.75, 3.05) is 18.8 Å². The molecule has 1 aromatic rings. The van der Waals surface area contributed by atoms with Crippen LogP contribution in [-0.2, 0) is 16.0 Å². The van der Waals surface area contributed by atoms with Crippen LogP contribution in [0.4, 0.5) is 0 Å². The predicted octanol–water partition coefficient (Wildman–Crippen LogP) is 0.00680. The fourth-order valence-corrected chi connectivity index (χ4v) is 3.25. The Kier molecular flexibility index (Phi) is 6.06. The Labute approximate surface area is 127 Å². The number of carboxylic acids is 1. The maximum atomic E-state index is 11.9. The third-order valence-corrected chi connectivity index (χ3v) is 4.72. The number of aromatic nitrogens is 2. The van der Waals surface area contributed by atoms with E-state index in [2.05, 4.69) is 20.6 Å². The van der Waals surface area contributed by atoms with Crippen LogP contribution >= 0.6 is 11.8 Å². The molecule has 8 heteroatoms. The number of nitrogens with zero attached hydrogens (tertiary/aromatic N) is 1. The van der Waals surface area contributed by atoms with Gasteiger partial charge in [-0.05, 0) is 25.9 Å². The summed E-state index contributed by atoms with van der Waals surface area (Å²) in [5.74, 6) is -0.965. The molecule has 0 spiro atoms. The number of nitrogens with one attached hydrogen (secondary N) is 3. The fourth-order valence-electron chi connectivity index (χ4n) is 2.21. The first-order valence-electron chi connectivity index (χ1n) is 6.97. The van der Waals surface area contributed by atoms with E-state index in [1.165, 1.54) is 6.33 Å². The topological polar surface area (TPSA) is 107 Å². The van der Waals surface area contributed by atoms with Gasteiger partial charge in [0, 0.05) is 23.6 Å². The van der Waals surface area contributed by atoms with E-state index in [-0.39, 0.29) is 12.3 Å². The summed E-state index contributed by atoms with van der Waals surface area (Å²) in [5.41, 5.74) is 0.689. The van der Waals surface area contributed by atoms with Crippen LogP contribution in [0.1, 0.15) is 18.5 Å². The molecule has 0 radical (unpaired) electrons. The first kappa shape index (κ1) is 15.8. The highest BCUT2D eigenvalue weighted by Crippen LogP contribution is 2.19. The maximum Gasteiger partial charge on any atom is 0.326 e. The monoisotopic (exact) mass is 312 g/mol. The highest BCUT2D eigenvalue weighted by Gasteiger charge is 2.22. The van der Waals surface area contributed by atoms with Crippen LogP contribution in [0.15, 0.2) is 12.5 Å². The van der Waals surface area contributed by atoms with Crippen molar-refractivity contribution in [2.24, 2.45) is 0 Å². The zero-order valence-corrected chi connectivity index (χ0v) is 12.5. The third kappa shape index (κ3) is 5.39. The Morgan fingerprint density at radius 2 is 2.24 bits per heavy atom. The second kappa shape index (κ2) is 8.04. The zero-order valence-electron chi connectivity index (χ0n) is 11.7. The summed E-state index contributed by atoms with van der Waals surface area (Å²) in [6.07, 6.45) is 5.36. The number of hydrogen-bond acceptors (Lipinski definition) is 5. The first-order valence-corrected chi connectivity index (χ1v) is 8.02. The van der Waals surface area contributed by atoms with E-state index in [9.17, 15) is 14.7 Å². The van der Waals surface area contributed by atoms with Gasteiger partial charge in [-0.3, -0.25) is 4.79 Å². The van der Waals surface area contributed by atoms with E-state index in [1.54, 1.807) is 18.0 Å². The molecule has 1 amide bonds. The van der Waals surface area contributed by atoms with Crippen molar-refractivity contribution in [3.63, 3.8) is 0 Å². The Bertz CT molecular complexity index is 460. The number of amides is 1. The van der Waals surface area contributed by atoms with E-state index in [0.29, 0.717) is 16.7 Å². The minimum Gasteiger partial charge on any atom is -0.480 e. The van der Waals surface area contributed by atoms with Gasteiger partial charge in [-0.15, -0.1) is 11.8 Å². The Hall–Kier alpha value is -1.54. The molecule has 1 fully saturated rings. The molecule has 4 N–H and O–H groups in total. The van der Waals surface area contributed by atoms with Crippen molar-refractivity contribution < 1.29 is 14.7 Å². The number of rotatable bonds is 7. The van der Waals surface area contributed by atoms with Gasteiger partial charge in [-0.2, -0.15) is 0 Å². The predicted molar refractivity (Wildman–Crippen MR) is 80.2 cm³/mol. The number of hydrogen-bond donors (Lipinski definition) is 4. The molecular weight excluding hydrogens is 292 g/mol. The lowest BCUT2D eigenvalue weighted by molar-refractivity contribution is -0.141. The van der Waals surface area contributed by atoms with E-state index < -0.39 is 12.0 Å². The zero-order chi connectivity index (χ0) is 15.1. The Morgan fingerprint density at radius 1 is 1.48 bits per heavy atom. The van der Waals surface area contributed by atoms with Crippen molar-refractivity contribution in [3.05, 3.63) is 18.2 Å². The molecule has 0 unspecified atom stereocenters. The normalized spacial score (nSPS) is 17.3. The van der Waals surface area contributed by atoms with E-state index >= 15 is 0 Å². The molecule has 2 rings (SSSR count). The number of imidazole rings is 1. The number of thioether (sulfide) groups is 1. The van der Waals surface area contributed by atoms with E-state index in [1.807, 2.05) is 0 Å². The number of carboxylic acid groups (broad SMARTS) is 1. The number of aliphatic carboxylic acids is 1. The average molecular weight is 312 g/mol. The maximum absolute atomic E-state index is 11.9. The molecule has 0 saturated carbocycles. The molecule has 7 nitrogen and oxygen atoms in total. The van der Waals surface area contributed by atoms with Gasteiger partial charge < -0.3 is 20.7 Å². The molecule has 0 aromatic carbocycles. The molecular formula is C13H20N4O3S. The molecule has 0 bridgehead atoms. The standard InChI is InChI=1S/C13H20N4O3S/c18-12(7-21-10-1-3-14-4-2-10)17-11(13(19)20)5-9-6-15-8-16-9/h6,8,10-11,14H,1-5,7H2,(H,15,16)(H,17,18)(H,19,20)/t11-/m0/s1. The number of carbonyl (C=O) groups is 2. The molecule has 0 aliphatic carbocycles. The number of aromatic amines is 1. The molecule has 1 aromatic heterocycles. The smallest absolute Gasteiger partial charge is 0.326 e. The lowest BCUT2D eigenvalue weighted by atomic mass is 10.1. The Morgan fingerprint density at radius 3 is 2.86 bits per heavy atom. The van der Waals surface area contributed by atoms with E-state index in [0.717, 1.165) is 25.9 Å². The lowest BCUT2D eigenvalue weighted by Crippen LogP contribution is -2.43. The molecule has 1 atom stereocenters. The van der Waals surface area contributed by atoms with Crippen LogP contribution in [0, 0.1) is 0 Å². The summed E-state index contributed by atoms with van der Waals surface area (Å²) in [5, 5.41) is 15.5. The van der Waals surface area contributed by atoms with Crippen molar-refractivity contribution in [1.82, 2.24) is 20.6 Å². The van der Waals surface area contributed by atoms with Gasteiger partial charge in [0.1, 0.15) is 6.04 Å². The van der Waals surface area contributed by atoms with Crippen molar-refractivity contribution in [2.45, 2.75) is 30.6 Å². The minimum atomic E-state index is -1.04. The van der Waals surface area contributed by atoms with Crippen LogP contribution in [0.2, 0.25) is 0 Å². The van der Waals surface area contributed by atoms with Gasteiger partial charge in [-0.25, -0.2) is 9.78 Å². The highest BCUT2D eigenvalue weighted by atomic mass is 32.2. The van der Waals surface area contributed by atoms with E-state index in [4.69, 9.17) is 0 Å². The molecule has 1 saturated heterocycles. The largest absolute Gasteiger partial charge is 0.480 e. The van der Waals surface area contributed by atoms with Crippen LogP contribution < -0.4 is 10.6 Å². The number of piperidine rings is 1. The van der Waals surface area contributed by atoms with Crippen LogP contribution in [-0.4, -0.2) is 57.1 Å². The number of H-pyrrole nitrogens is 1. The van der Waals surface area contributed by atoms with Gasteiger partial charge in [0.15, 0.2) is 0 Å². The van der Waals surface area contributed by atoms with Crippen molar-refractivity contribution in [3.8, 4) is 0 Å². The molecule has 1 aliphatic heterocycles. The summed E-state index contributed by atoms with van der Waals surface area (Å²) < 4.78 is 0. The minimum absolute atomic E-state index is 0.207. The third-order valence-electron chi connectivity index (χ3n) is 3.35. The SMILES string of the molecule is O=C(CSC1CCNCC1)N[C@@H](Cc1cnc[nH]1)C(=O)O. The summed E-state index contributed by atoms with van der Waals surface area (Å²) in [6.45, 7) is 1.97. The molecule has 1 aliphatic rings. The molecule has 116 valence electrons. The van der Waals surface area contributed by atoms with Gasteiger partial charge in [0.05, 0.1) is 12.1 Å². The summed E-state index contributed by atoms with van der Waals surface area (Å²) >= 11 is 1.60. The van der Waals surface area contributed by atoms with Crippen LogP contribution in [0.25, 0.3) is 0 Å². The summed E-state index contributed by atoms with van der Waals surface area (Å²) in [4.78, 5) is 29.8. The summed E-state index contributed by atoms with van der Waals surface area (Å²) in [6, 6.07) is -0.924. The molecule has 21 heavy (non-hydrogen) atoms. The highest BCUT2D eigenvalue weighted by molar-refractivity contribution is 8.00. The van der Waals surface area contributed by atoms with Crippen LogP contribution in [0.5, 0.6) is 0 Å². The van der Waals surface area contributed by atoms with Gasteiger partial charge in [0.25, 0.3) is 0 Å². The van der Waals surface area contributed by atoms with Gasteiger partial charge in [-0.1, -0.05) is 0 Å². The average Bonchev–Trinajstić information content (AvgIpc) is 2.98. The van der Waals surface area contributed by atoms with Crippen molar-refractivity contribution in [1.29, 1.82) is 0 Å². The number of carbonyl (C=O) groups excluding carboxylic acids is 1. The van der Waals surface area contributed by atoms with Crippen LogP contribution in [0.3, 0.4) is 0 Å². The second-order valence-electron chi connectivity index (χ2n) is 5.00. The molecule has 2 heterocycles. The van der Waals surface area contributed by atoms with Gasteiger partial charge >= 0.3 is 5.97 Å². The fraction of sp³-hybridized carbons (Fsp3) is 0.615. The quantitative estimate of drug-likeness (QED) is 0.565.